The normalized spacial score (nSPS) is 25.5. The summed E-state index contributed by atoms with van der Waals surface area (Å²) in [5.74, 6) is 1.13. The maximum Gasteiger partial charge on any atom is 0.239 e. The number of hydrogen-bond acceptors (Lipinski definition) is 3. The van der Waals surface area contributed by atoms with Crippen molar-refractivity contribution in [2.24, 2.45) is 5.92 Å². The second kappa shape index (κ2) is 6.71. The lowest BCUT2D eigenvalue weighted by Crippen LogP contribution is -2.55. The highest BCUT2D eigenvalue weighted by Crippen LogP contribution is 2.18. The molecule has 19 heavy (non-hydrogen) atoms. The van der Waals surface area contributed by atoms with Crippen LogP contribution in [0.4, 0.5) is 0 Å². The van der Waals surface area contributed by atoms with Gasteiger partial charge in [0.2, 0.25) is 5.91 Å². The highest BCUT2D eigenvalue weighted by atomic mass is 16.2. The van der Waals surface area contributed by atoms with Gasteiger partial charge in [-0.2, -0.15) is 0 Å². The first kappa shape index (κ1) is 14.8. The number of piperidine rings is 1. The van der Waals surface area contributed by atoms with Crippen LogP contribution in [0.5, 0.6) is 0 Å². The molecule has 2 rings (SSSR count). The van der Waals surface area contributed by atoms with E-state index in [4.69, 9.17) is 0 Å². The van der Waals surface area contributed by atoms with E-state index >= 15 is 0 Å². The summed E-state index contributed by atoms with van der Waals surface area (Å²) in [4.78, 5) is 19.4. The predicted molar refractivity (Wildman–Crippen MR) is 78.1 cm³/mol. The first-order chi connectivity index (χ1) is 9.11. The summed E-state index contributed by atoms with van der Waals surface area (Å²) in [5, 5.41) is 0. The van der Waals surface area contributed by atoms with Crippen LogP contribution < -0.4 is 0 Å². The highest BCUT2D eigenvalue weighted by Gasteiger charge is 2.29. The largest absolute Gasteiger partial charge is 0.341 e. The molecule has 0 radical (unpaired) electrons. The van der Waals surface area contributed by atoms with Crippen molar-refractivity contribution in [2.45, 2.75) is 39.7 Å². The van der Waals surface area contributed by atoms with Crippen LogP contribution in [0.1, 0.15) is 33.6 Å². The van der Waals surface area contributed by atoms with E-state index in [0.29, 0.717) is 5.91 Å². The van der Waals surface area contributed by atoms with Gasteiger partial charge in [-0.3, -0.25) is 9.69 Å². The Bertz CT molecular complexity index is 292. The molecule has 0 aromatic heterocycles. The van der Waals surface area contributed by atoms with Crippen molar-refractivity contribution in [3.63, 3.8) is 0 Å². The molecule has 110 valence electrons. The number of amides is 1. The fourth-order valence-electron chi connectivity index (χ4n) is 3.12. The number of carbonyl (C=O) groups is 1. The minimum atomic E-state index is 0.0624. The summed E-state index contributed by atoms with van der Waals surface area (Å²) in [6.45, 7) is 13.9. The van der Waals surface area contributed by atoms with E-state index in [2.05, 4.69) is 35.5 Å². The van der Waals surface area contributed by atoms with Crippen LogP contribution in [0.3, 0.4) is 0 Å². The minimum absolute atomic E-state index is 0.0624. The lowest BCUT2D eigenvalue weighted by molar-refractivity contribution is -0.138. The molecule has 2 aliphatic rings. The SMILES string of the molecule is CCN1CCN(C(C)C(=O)N2CCC(C)CC2)CC1. The standard InChI is InChI=1S/C15H29N3O/c1-4-16-9-11-17(12-10-16)14(3)15(19)18-7-5-13(2)6-8-18/h13-14H,4-12H2,1-3H3. The lowest BCUT2D eigenvalue weighted by Gasteiger charge is -2.39. The third-order valence-electron chi connectivity index (χ3n) is 4.85. The first-order valence-corrected chi connectivity index (χ1v) is 7.87. The quantitative estimate of drug-likeness (QED) is 0.770. The van der Waals surface area contributed by atoms with Crippen LogP contribution in [-0.2, 0) is 4.79 Å². The van der Waals surface area contributed by atoms with Crippen LogP contribution >= 0.6 is 0 Å². The average Bonchev–Trinajstić information content (AvgIpc) is 2.46. The van der Waals surface area contributed by atoms with Crippen molar-refractivity contribution in [3.8, 4) is 0 Å². The third kappa shape index (κ3) is 3.69. The minimum Gasteiger partial charge on any atom is -0.341 e. The Morgan fingerprint density at radius 2 is 1.68 bits per heavy atom. The van der Waals surface area contributed by atoms with E-state index in [0.717, 1.165) is 51.7 Å². The van der Waals surface area contributed by atoms with Crippen molar-refractivity contribution in [1.29, 1.82) is 0 Å². The van der Waals surface area contributed by atoms with Gasteiger partial charge >= 0.3 is 0 Å². The van der Waals surface area contributed by atoms with Crippen LogP contribution in [0.25, 0.3) is 0 Å². The summed E-state index contributed by atoms with van der Waals surface area (Å²) < 4.78 is 0. The Morgan fingerprint density at radius 1 is 1.11 bits per heavy atom. The molecule has 1 atom stereocenters. The fraction of sp³-hybridized carbons (Fsp3) is 0.933. The van der Waals surface area contributed by atoms with Crippen molar-refractivity contribution >= 4 is 5.91 Å². The molecule has 0 spiro atoms. The van der Waals surface area contributed by atoms with Gasteiger partial charge in [0.1, 0.15) is 0 Å². The summed E-state index contributed by atoms with van der Waals surface area (Å²) in [6, 6.07) is 0.0624. The molecule has 1 unspecified atom stereocenters. The number of nitrogens with zero attached hydrogens (tertiary/aromatic N) is 3. The smallest absolute Gasteiger partial charge is 0.239 e. The monoisotopic (exact) mass is 267 g/mol. The van der Waals surface area contributed by atoms with Crippen LogP contribution in [-0.4, -0.2) is 72.5 Å². The summed E-state index contributed by atoms with van der Waals surface area (Å²) in [6.07, 6.45) is 2.34. The Hall–Kier alpha value is -0.610. The molecule has 0 bridgehead atoms. The second-order valence-electron chi connectivity index (χ2n) is 6.15. The molecule has 2 aliphatic heterocycles. The molecule has 2 heterocycles. The molecule has 2 saturated heterocycles. The van der Waals surface area contributed by atoms with Crippen molar-refractivity contribution in [3.05, 3.63) is 0 Å². The molecule has 0 aromatic rings. The van der Waals surface area contributed by atoms with Gasteiger partial charge in [-0.15, -0.1) is 0 Å². The summed E-state index contributed by atoms with van der Waals surface area (Å²) >= 11 is 0. The maximum absolute atomic E-state index is 12.5. The average molecular weight is 267 g/mol. The van der Waals surface area contributed by atoms with Crippen LogP contribution in [0.2, 0.25) is 0 Å². The maximum atomic E-state index is 12.5. The molecule has 1 amide bonds. The number of rotatable bonds is 3. The number of hydrogen-bond donors (Lipinski definition) is 0. The lowest BCUT2D eigenvalue weighted by atomic mass is 9.98. The molecule has 0 saturated carbocycles. The van der Waals surface area contributed by atoms with Gasteiger partial charge < -0.3 is 9.80 Å². The van der Waals surface area contributed by atoms with Gasteiger partial charge in [0.25, 0.3) is 0 Å². The molecular weight excluding hydrogens is 238 g/mol. The summed E-state index contributed by atoms with van der Waals surface area (Å²) in [5.41, 5.74) is 0. The number of piperazine rings is 1. The van der Waals surface area contributed by atoms with Crippen molar-refractivity contribution in [2.75, 3.05) is 45.8 Å². The Balaban J connectivity index is 1.82. The van der Waals surface area contributed by atoms with Crippen molar-refractivity contribution < 1.29 is 4.79 Å². The Morgan fingerprint density at radius 3 is 2.21 bits per heavy atom. The van der Waals surface area contributed by atoms with Crippen LogP contribution in [0.15, 0.2) is 0 Å². The Labute approximate surface area is 117 Å². The van der Waals surface area contributed by atoms with Crippen LogP contribution in [0, 0.1) is 5.92 Å². The van der Waals surface area contributed by atoms with Crippen molar-refractivity contribution in [1.82, 2.24) is 14.7 Å². The number of carbonyl (C=O) groups excluding carboxylic acids is 1. The number of likely N-dealkylation sites (N-methyl/N-ethyl adjacent to an activating group) is 1. The zero-order valence-corrected chi connectivity index (χ0v) is 12.8. The van der Waals surface area contributed by atoms with E-state index in [1.807, 2.05) is 0 Å². The van der Waals surface area contributed by atoms with Gasteiger partial charge in [0.15, 0.2) is 0 Å². The van der Waals surface area contributed by atoms with Gasteiger partial charge in [-0.25, -0.2) is 0 Å². The highest BCUT2D eigenvalue weighted by molar-refractivity contribution is 5.81. The predicted octanol–water partition coefficient (Wildman–Crippen LogP) is 1.27. The molecule has 0 N–H and O–H groups in total. The van der Waals surface area contributed by atoms with E-state index in [1.54, 1.807) is 0 Å². The van der Waals surface area contributed by atoms with Gasteiger partial charge in [-0.05, 0) is 32.2 Å². The molecule has 4 nitrogen and oxygen atoms in total. The van der Waals surface area contributed by atoms with Gasteiger partial charge in [0, 0.05) is 39.3 Å². The zero-order chi connectivity index (χ0) is 13.8. The van der Waals surface area contributed by atoms with E-state index in [9.17, 15) is 4.79 Å². The Kier molecular flexibility index (Phi) is 5.22. The zero-order valence-electron chi connectivity index (χ0n) is 12.8. The van der Waals surface area contributed by atoms with E-state index in [-0.39, 0.29) is 6.04 Å². The van der Waals surface area contributed by atoms with E-state index < -0.39 is 0 Å². The molecular formula is C15H29N3O. The second-order valence-corrected chi connectivity index (χ2v) is 6.15. The fourth-order valence-corrected chi connectivity index (χ4v) is 3.12. The molecule has 4 heteroatoms. The third-order valence-corrected chi connectivity index (χ3v) is 4.85. The molecule has 2 fully saturated rings. The van der Waals surface area contributed by atoms with Gasteiger partial charge in [0.05, 0.1) is 6.04 Å². The molecule has 0 aromatic carbocycles. The number of likely N-dealkylation sites (tertiary alicyclic amines) is 1. The van der Waals surface area contributed by atoms with Gasteiger partial charge in [-0.1, -0.05) is 13.8 Å². The first-order valence-electron chi connectivity index (χ1n) is 7.87. The summed E-state index contributed by atoms with van der Waals surface area (Å²) in [7, 11) is 0. The topological polar surface area (TPSA) is 26.8 Å². The van der Waals surface area contributed by atoms with E-state index in [1.165, 1.54) is 12.8 Å². The molecule has 0 aliphatic carbocycles.